The Morgan fingerprint density at radius 2 is 1.90 bits per heavy atom. The summed E-state index contributed by atoms with van der Waals surface area (Å²) in [5.41, 5.74) is -2.59. The zero-order valence-electron chi connectivity index (χ0n) is 17.4. The molecule has 2 heterocycles. The fourth-order valence-corrected chi connectivity index (χ4v) is 7.74. The second-order valence-electron chi connectivity index (χ2n) is 10.4. The van der Waals surface area contributed by atoms with E-state index in [1.54, 1.807) is 0 Å². The average Bonchev–Trinajstić information content (AvgIpc) is 3.09. The molecule has 0 amide bonds. The lowest BCUT2D eigenvalue weighted by molar-refractivity contribution is -0.247. The number of fused-ring (bicyclic) bond motifs is 1. The highest BCUT2D eigenvalue weighted by Gasteiger charge is 2.79. The summed E-state index contributed by atoms with van der Waals surface area (Å²) < 4.78 is 17.2. The molecule has 2 bridgehead atoms. The lowest BCUT2D eigenvalue weighted by Gasteiger charge is -2.61. The number of Topliss-reactive ketones (excluding diaryl/α,β-unsaturated/α-hetero) is 1. The van der Waals surface area contributed by atoms with Crippen LogP contribution in [-0.2, 0) is 33.4 Å². The molecule has 7 nitrogen and oxygen atoms in total. The fraction of sp³-hybridized carbons (Fsp3) is 0.818. The Morgan fingerprint density at radius 3 is 2.59 bits per heavy atom. The molecular formula is C22H28O7. The highest BCUT2D eigenvalue weighted by molar-refractivity contribution is 6.08. The molecule has 7 heteroatoms. The third kappa shape index (κ3) is 2.04. The number of hydrogen-bond donors (Lipinski definition) is 0. The largest absolute Gasteiger partial charge is 0.465 e. The molecule has 3 saturated carbocycles. The Kier molecular flexibility index (Phi) is 3.69. The van der Waals surface area contributed by atoms with E-state index in [0.29, 0.717) is 19.3 Å². The van der Waals surface area contributed by atoms with Crippen LogP contribution in [0.4, 0.5) is 0 Å². The molecule has 0 aromatic carbocycles. The SMILES string of the molecule is CC(=O)O[C@H]1C[C@@H]2OC(=O)[C@@]34C[C@@H](CC[C@H]3[C@]23COC(=O)[C@@H]3C1(C)C)[C@@H](C)C4=O. The van der Waals surface area contributed by atoms with Gasteiger partial charge in [0.15, 0.2) is 5.78 Å². The molecule has 8 atom stereocenters. The van der Waals surface area contributed by atoms with Gasteiger partial charge in [0.25, 0.3) is 0 Å². The summed E-state index contributed by atoms with van der Waals surface area (Å²) in [6.07, 6.45) is 1.26. The Hall–Kier alpha value is -1.92. The van der Waals surface area contributed by atoms with E-state index < -0.39 is 46.3 Å². The molecular weight excluding hydrogens is 376 g/mol. The highest BCUT2D eigenvalue weighted by Crippen LogP contribution is 2.70. The fourth-order valence-electron chi connectivity index (χ4n) is 7.74. The Morgan fingerprint density at radius 1 is 1.17 bits per heavy atom. The van der Waals surface area contributed by atoms with Gasteiger partial charge in [-0.2, -0.15) is 0 Å². The second-order valence-corrected chi connectivity index (χ2v) is 10.4. The first kappa shape index (κ1) is 19.1. The molecule has 158 valence electrons. The molecule has 2 spiro atoms. The van der Waals surface area contributed by atoms with E-state index in [1.807, 2.05) is 20.8 Å². The van der Waals surface area contributed by atoms with Crippen LogP contribution in [0.3, 0.4) is 0 Å². The van der Waals surface area contributed by atoms with Crippen molar-refractivity contribution in [3.05, 3.63) is 0 Å². The van der Waals surface area contributed by atoms with E-state index in [2.05, 4.69) is 0 Å². The zero-order valence-corrected chi connectivity index (χ0v) is 17.4. The molecule has 0 aromatic rings. The molecule has 0 unspecified atom stereocenters. The Labute approximate surface area is 169 Å². The number of rotatable bonds is 1. The summed E-state index contributed by atoms with van der Waals surface area (Å²) in [6, 6.07) is 0. The van der Waals surface area contributed by atoms with Crippen molar-refractivity contribution in [2.75, 3.05) is 6.61 Å². The monoisotopic (exact) mass is 404 g/mol. The standard InChI is InChI=1S/C22H28O7/c1-10-12-5-6-13-21(8-12,17(10)24)19(26)29-15-7-14(28-11(2)23)20(3,4)16-18(25)27-9-22(13,15)16/h10,12-16H,5-9H2,1-4H3/t10-,12-,13-,14+,15+,16-,21+,22-/m1/s1. The second kappa shape index (κ2) is 5.61. The third-order valence-electron chi connectivity index (χ3n) is 8.98. The minimum Gasteiger partial charge on any atom is -0.465 e. The average molecular weight is 404 g/mol. The van der Waals surface area contributed by atoms with Gasteiger partial charge in [-0.3, -0.25) is 19.2 Å². The molecule has 0 N–H and O–H groups in total. The first-order valence-electron chi connectivity index (χ1n) is 10.7. The minimum atomic E-state index is -1.16. The van der Waals surface area contributed by atoms with Gasteiger partial charge in [-0.25, -0.2) is 0 Å². The maximum atomic E-state index is 13.4. The van der Waals surface area contributed by atoms with Gasteiger partial charge in [0.2, 0.25) is 0 Å². The summed E-state index contributed by atoms with van der Waals surface area (Å²) in [6.45, 7) is 7.25. The number of ether oxygens (including phenoxy) is 3. The normalized spacial score (nSPS) is 49.4. The van der Waals surface area contributed by atoms with Crippen molar-refractivity contribution in [2.45, 2.75) is 65.6 Å². The van der Waals surface area contributed by atoms with Crippen molar-refractivity contribution in [1.82, 2.24) is 0 Å². The smallest absolute Gasteiger partial charge is 0.320 e. The van der Waals surface area contributed by atoms with Gasteiger partial charge >= 0.3 is 17.9 Å². The zero-order chi connectivity index (χ0) is 20.9. The van der Waals surface area contributed by atoms with Gasteiger partial charge in [0.05, 0.1) is 11.3 Å². The predicted octanol–water partition coefficient (Wildman–Crippen LogP) is 2.05. The Balaban J connectivity index is 1.67. The van der Waals surface area contributed by atoms with Crippen LogP contribution in [0.25, 0.3) is 0 Å². The quantitative estimate of drug-likeness (QED) is 0.375. The van der Waals surface area contributed by atoms with Gasteiger partial charge in [-0.1, -0.05) is 20.8 Å². The third-order valence-corrected chi connectivity index (χ3v) is 8.98. The van der Waals surface area contributed by atoms with Crippen LogP contribution in [0.15, 0.2) is 0 Å². The summed E-state index contributed by atoms with van der Waals surface area (Å²) in [7, 11) is 0. The first-order valence-corrected chi connectivity index (χ1v) is 10.7. The van der Waals surface area contributed by atoms with Gasteiger partial charge in [0, 0.05) is 24.7 Å². The molecule has 5 fully saturated rings. The van der Waals surface area contributed by atoms with Gasteiger partial charge in [-0.05, 0) is 31.1 Å². The number of hydrogen-bond acceptors (Lipinski definition) is 7. The summed E-state index contributed by atoms with van der Waals surface area (Å²) in [5.74, 6) is -2.08. The number of carbonyl (C=O) groups excluding carboxylic acids is 4. The van der Waals surface area contributed by atoms with E-state index in [9.17, 15) is 19.2 Å². The van der Waals surface area contributed by atoms with Crippen LogP contribution < -0.4 is 0 Å². The van der Waals surface area contributed by atoms with Gasteiger partial charge in [-0.15, -0.1) is 0 Å². The van der Waals surface area contributed by atoms with Crippen LogP contribution in [0.5, 0.6) is 0 Å². The van der Waals surface area contributed by atoms with Crippen molar-refractivity contribution < 1.29 is 33.4 Å². The minimum absolute atomic E-state index is 0.0270. The van der Waals surface area contributed by atoms with Crippen molar-refractivity contribution in [3.63, 3.8) is 0 Å². The van der Waals surface area contributed by atoms with E-state index in [4.69, 9.17) is 14.2 Å². The molecule has 29 heavy (non-hydrogen) atoms. The molecule has 2 aliphatic heterocycles. The van der Waals surface area contributed by atoms with Gasteiger partial charge in [0.1, 0.15) is 24.2 Å². The van der Waals surface area contributed by atoms with Crippen molar-refractivity contribution in [1.29, 1.82) is 0 Å². The molecule has 5 aliphatic rings. The molecule has 0 radical (unpaired) electrons. The van der Waals surface area contributed by atoms with Crippen molar-refractivity contribution in [3.8, 4) is 0 Å². The molecule has 2 saturated heterocycles. The van der Waals surface area contributed by atoms with E-state index in [1.165, 1.54) is 6.92 Å². The summed E-state index contributed by atoms with van der Waals surface area (Å²) in [5, 5.41) is 0. The van der Waals surface area contributed by atoms with Gasteiger partial charge < -0.3 is 14.2 Å². The molecule has 3 aliphatic carbocycles. The maximum Gasteiger partial charge on any atom is 0.320 e. The lowest BCUT2D eigenvalue weighted by Crippen LogP contribution is -2.70. The van der Waals surface area contributed by atoms with Crippen molar-refractivity contribution >= 4 is 23.7 Å². The number of carbonyl (C=O) groups is 4. The lowest BCUT2D eigenvalue weighted by atomic mass is 9.43. The predicted molar refractivity (Wildman–Crippen MR) is 98.1 cm³/mol. The first-order chi connectivity index (χ1) is 13.6. The summed E-state index contributed by atoms with van der Waals surface area (Å²) >= 11 is 0. The van der Waals surface area contributed by atoms with Crippen LogP contribution in [0, 0.1) is 39.9 Å². The highest BCUT2D eigenvalue weighted by atomic mass is 16.6. The van der Waals surface area contributed by atoms with E-state index in [0.717, 1.165) is 6.42 Å². The maximum absolute atomic E-state index is 13.4. The van der Waals surface area contributed by atoms with Crippen LogP contribution >= 0.6 is 0 Å². The number of esters is 3. The number of ketones is 1. The van der Waals surface area contributed by atoms with Crippen LogP contribution in [0.2, 0.25) is 0 Å². The van der Waals surface area contributed by atoms with E-state index >= 15 is 0 Å². The number of cyclic esters (lactones) is 1. The summed E-state index contributed by atoms with van der Waals surface area (Å²) in [4.78, 5) is 51.4. The molecule has 5 rings (SSSR count). The topological polar surface area (TPSA) is 96.0 Å². The van der Waals surface area contributed by atoms with Crippen molar-refractivity contribution in [2.24, 2.45) is 39.9 Å². The van der Waals surface area contributed by atoms with Crippen LogP contribution in [0.1, 0.15) is 53.4 Å². The van der Waals surface area contributed by atoms with E-state index in [-0.39, 0.29) is 36.1 Å². The van der Waals surface area contributed by atoms with Crippen LogP contribution in [-0.4, -0.2) is 42.5 Å². The molecule has 0 aromatic heterocycles. The Bertz CT molecular complexity index is 831.